The Bertz CT molecular complexity index is 1040. The molecule has 0 amide bonds. The highest BCUT2D eigenvalue weighted by Crippen LogP contribution is 2.31. The Balaban J connectivity index is 1.94. The molecule has 1 heteroatoms. The molecule has 0 aromatic heterocycles. The summed E-state index contributed by atoms with van der Waals surface area (Å²) in [5.74, 6) is 0. The number of hydrogen-bond donors (Lipinski definition) is 0. The maximum absolute atomic E-state index is 2.57. The van der Waals surface area contributed by atoms with Gasteiger partial charge in [-0.1, -0.05) is 113 Å². The molecule has 0 fully saturated rings. The van der Waals surface area contributed by atoms with Crippen molar-refractivity contribution in [2.45, 2.75) is 47.1 Å². The van der Waals surface area contributed by atoms with Gasteiger partial charge in [0.1, 0.15) is 8.07 Å². The average molecular weight is 409 g/mol. The van der Waals surface area contributed by atoms with Crippen LogP contribution in [0.5, 0.6) is 0 Å². The third kappa shape index (κ3) is 4.00. The Labute approximate surface area is 183 Å². The van der Waals surface area contributed by atoms with Gasteiger partial charge in [0.15, 0.2) is 0 Å². The lowest BCUT2D eigenvalue weighted by Gasteiger charge is -2.33. The van der Waals surface area contributed by atoms with Crippen molar-refractivity contribution in [2.24, 2.45) is 0 Å². The molecule has 3 aromatic carbocycles. The van der Waals surface area contributed by atoms with Crippen molar-refractivity contribution >= 4 is 18.4 Å². The third-order valence-electron chi connectivity index (χ3n) is 6.47. The first-order valence-corrected chi connectivity index (χ1v) is 13.5. The molecule has 0 spiro atoms. The van der Waals surface area contributed by atoms with Gasteiger partial charge in [-0.2, -0.15) is 0 Å². The normalized spacial score (nSPS) is 13.9. The van der Waals surface area contributed by atoms with Crippen LogP contribution in [0, 0.1) is 27.7 Å². The number of aryl methyl sites for hydroxylation is 4. The van der Waals surface area contributed by atoms with Crippen LogP contribution in [-0.2, 0) is 6.42 Å². The van der Waals surface area contributed by atoms with E-state index in [0.29, 0.717) is 0 Å². The van der Waals surface area contributed by atoms with Crippen LogP contribution in [0.1, 0.15) is 34.2 Å². The van der Waals surface area contributed by atoms with E-state index in [1.54, 1.807) is 5.20 Å². The predicted octanol–water partition coefficient (Wildman–Crippen LogP) is 6.15. The first-order valence-electron chi connectivity index (χ1n) is 11.0. The van der Waals surface area contributed by atoms with E-state index in [9.17, 15) is 0 Å². The summed E-state index contributed by atoms with van der Waals surface area (Å²) in [5.41, 5.74) is 8.38. The summed E-state index contributed by atoms with van der Waals surface area (Å²) in [5, 5.41) is 4.74. The maximum atomic E-state index is 2.57. The molecule has 0 saturated heterocycles. The number of rotatable bonds is 5. The highest BCUT2D eigenvalue weighted by Gasteiger charge is 2.38. The summed E-state index contributed by atoms with van der Waals surface area (Å²) in [4.78, 5) is 0. The molecule has 0 heterocycles. The van der Waals surface area contributed by atoms with Crippen LogP contribution in [-0.4, -0.2) is 8.07 Å². The van der Waals surface area contributed by atoms with Crippen LogP contribution in [0.15, 0.2) is 89.7 Å². The van der Waals surface area contributed by atoms with Crippen LogP contribution in [0.25, 0.3) is 0 Å². The Morgan fingerprint density at radius 3 is 1.70 bits per heavy atom. The lowest BCUT2D eigenvalue weighted by Crippen LogP contribution is -2.58. The van der Waals surface area contributed by atoms with Gasteiger partial charge in [0.25, 0.3) is 0 Å². The lowest BCUT2D eigenvalue weighted by molar-refractivity contribution is 1.18. The Hall–Kier alpha value is -2.64. The van der Waals surface area contributed by atoms with Crippen molar-refractivity contribution in [2.75, 3.05) is 0 Å². The van der Waals surface area contributed by atoms with Crippen molar-refractivity contribution < 1.29 is 0 Å². The standard InChI is InChI=1S/C29H32Si/c1-21-14-22(2)17-27(16-21)30(5,28-18-23(3)15-24(4)19-28)29-13-9-12-26(29)20-25-10-7-6-8-11-25/h6-12,14-19H,13,20H2,1-5H3. The molecule has 0 aliphatic heterocycles. The third-order valence-corrected chi connectivity index (χ3v) is 11.1. The van der Waals surface area contributed by atoms with Crippen molar-refractivity contribution in [3.63, 3.8) is 0 Å². The van der Waals surface area contributed by atoms with Gasteiger partial charge in [-0.15, -0.1) is 0 Å². The van der Waals surface area contributed by atoms with Gasteiger partial charge in [0, 0.05) is 0 Å². The molecule has 0 unspecified atom stereocenters. The van der Waals surface area contributed by atoms with E-state index in [-0.39, 0.29) is 0 Å². The second-order valence-corrected chi connectivity index (χ2v) is 13.2. The highest BCUT2D eigenvalue weighted by atomic mass is 28.3. The number of benzene rings is 3. The van der Waals surface area contributed by atoms with Gasteiger partial charge >= 0.3 is 0 Å². The summed E-state index contributed by atoms with van der Waals surface area (Å²) in [6.07, 6.45) is 6.86. The molecule has 0 atom stereocenters. The molecule has 0 nitrogen and oxygen atoms in total. The van der Waals surface area contributed by atoms with E-state index in [2.05, 4.69) is 113 Å². The minimum Gasteiger partial charge on any atom is -0.0805 e. The lowest BCUT2D eigenvalue weighted by atomic mass is 10.1. The second-order valence-electron chi connectivity index (χ2n) is 9.15. The molecule has 0 radical (unpaired) electrons. The van der Waals surface area contributed by atoms with Crippen LogP contribution in [0.3, 0.4) is 0 Å². The van der Waals surface area contributed by atoms with Crippen LogP contribution >= 0.6 is 0 Å². The van der Waals surface area contributed by atoms with Gasteiger partial charge in [0.05, 0.1) is 0 Å². The zero-order valence-corrected chi connectivity index (χ0v) is 19.9. The van der Waals surface area contributed by atoms with Crippen molar-refractivity contribution in [3.05, 3.63) is 117 Å². The molecular formula is C29H32Si. The van der Waals surface area contributed by atoms with Crippen molar-refractivity contribution in [1.82, 2.24) is 0 Å². The zero-order valence-electron chi connectivity index (χ0n) is 18.9. The van der Waals surface area contributed by atoms with E-state index in [0.717, 1.165) is 12.8 Å². The fraction of sp³-hybridized carbons (Fsp3) is 0.241. The summed E-state index contributed by atoms with van der Waals surface area (Å²) in [6.45, 7) is 11.5. The average Bonchev–Trinajstić information content (AvgIpc) is 3.15. The molecule has 4 rings (SSSR count). The first kappa shape index (κ1) is 20.6. The van der Waals surface area contributed by atoms with Gasteiger partial charge in [-0.05, 0) is 62.0 Å². The monoisotopic (exact) mass is 408 g/mol. The van der Waals surface area contributed by atoms with E-state index in [1.165, 1.54) is 43.8 Å². The van der Waals surface area contributed by atoms with E-state index in [1.807, 2.05) is 0 Å². The largest absolute Gasteiger partial charge is 0.142 e. The Morgan fingerprint density at radius 2 is 1.20 bits per heavy atom. The topological polar surface area (TPSA) is 0 Å². The molecule has 30 heavy (non-hydrogen) atoms. The number of allylic oxidation sites excluding steroid dienone is 4. The van der Waals surface area contributed by atoms with Gasteiger partial charge in [0.2, 0.25) is 0 Å². The fourth-order valence-electron chi connectivity index (χ4n) is 5.10. The quantitative estimate of drug-likeness (QED) is 0.444. The minimum absolute atomic E-state index is 1.02. The fourth-order valence-corrected chi connectivity index (χ4v) is 9.53. The molecule has 3 aromatic rings. The van der Waals surface area contributed by atoms with Crippen LogP contribution < -0.4 is 10.4 Å². The molecule has 0 bridgehead atoms. The molecule has 0 saturated carbocycles. The molecule has 1 aliphatic carbocycles. The van der Waals surface area contributed by atoms with Crippen molar-refractivity contribution in [1.29, 1.82) is 0 Å². The first-order chi connectivity index (χ1) is 14.4. The smallest absolute Gasteiger partial charge is 0.0805 e. The summed E-state index contributed by atoms with van der Waals surface area (Å²) >= 11 is 0. The van der Waals surface area contributed by atoms with Crippen molar-refractivity contribution in [3.8, 4) is 0 Å². The molecular weight excluding hydrogens is 376 g/mol. The summed E-state index contributed by atoms with van der Waals surface area (Å²) < 4.78 is 0. The van der Waals surface area contributed by atoms with E-state index < -0.39 is 8.07 Å². The van der Waals surface area contributed by atoms with Gasteiger partial charge < -0.3 is 0 Å². The number of hydrogen-bond acceptors (Lipinski definition) is 0. The van der Waals surface area contributed by atoms with E-state index in [4.69, 9.17) is 0 Å². The molecule has 1 aliphatic rings. The highest BCUT2D eigenvalue weighted by molar-refractivity contribution is 7.06. The second kappa shape index (κ2) is 8.24. The Morgan fingerprint density at radius 1 is 0.700 bits per heavy atom. The molecule has 0 N–H and O–H groups in total. The summed E-state index contributed by atoms with van der Waals surface area (Å²) in [6, 6.07) is 25.3. The molecule has 152 valence electrons. The zero-order chi connectivity index (χ0) is 21.3. The SMILES string of the molecule is Cc1cc(C)cc([Si](C)(C2=C(Cc3ccccc3)C=CC2)c2cc(C)cc(C)c2)c1. The van der Waals surface area contributed by atoms with Crippen LogP contribution in [0.4, 0.5) is 0 Å². The van der Waals surface area contributed by atoms with E-state index >= 15 is 0 Å². The summed E-state index contributed by atoms with van der Waals surface area (Å²) in [7, 11) is -2.09. The minimum atomic E-state index is -2.09. The predicted molar refractivity (Wildman–Crippen MR) is 134 cm³/mol. The van der Waals surface area contributed by atoms with Crippen LogP contribution in [0.2, 0.25) is 6.55 Å². The Kier molecular flexibility index (Phi) is 5.66. The van der Waals surface area contributed by atoms with Gasteiger partial charge in [-0.25, -0.2) is 0 Å². The maximum Gasteiger partial charge on any atom is 0.142 e. The van der Waals surface area contributed by atoms with Gasteiger partial charge in [-0.3, -0.25) is 0 Å².